The van der Waals surface area contributed by atoms with Gasteiger partial charge in [-0.3, -0.25) is 0 Å². The molecule has 0 nitrogen and oxygen atoms in total. The number of rotatable bonds is 1. The topological polar surface area (TPSA) is 0 Å². The molecule has 0 fully saturated rings. The molecular weight excluding hydrogens is 100 g/mol. The normalized spacial score (nSPS) is 6.00. The van der Waals surface area contributed by atoms with Crippen LogP contribution in [0.4, 0.5) is 0 Å². The third-order valence-corrected chi connectivity index (χ3v) is 0.354. The van der Waals surface area contributed by atoms with Crippen LogP contribution in [-0.4, -0.2) is 0 Å². The fourth-order valence-corrected chi connectivity index (χ4v) is 0. The van der Waals surface area contributed by atoms with Gasteiger partial charge in [0.25, 0.3) is 0 Å². The molecule has 0 unspecified atom stereocenters. The summed E-state index contributed by atoms with van der Waals surface area (Å²) in [5.41, 5.74) is 0. The Morgan fingerprint density at radius 1 is 1.60 bits per heavy atom. The van der Waals surface area contributed by atoms with Gasteiger partial charge in [-0.25, -0.2) is 0 Å². The van der Waals surface area contributed by atoms with Gasteiger partial charge in [0.2, 0.25) is 0 Å². The van der Waals surface area contributed by atoms with Crippen molar-refractivity contribution in [1.82, 2.24) is 0 Å². The summed E-state index contributed by atoms with van der Waals surface area (Å²) in [5.74, 6) is 0. The van der Waals surface area contributed by atoms with E-state index in [0.717, 1.165) is 6.42 Å². The molecule has 0 N–H and O–H groups in total. The molecule has 0 aromatic carbocycles. The molecular formula is C4H9Cr-. The van der Waals surface area contributed by atoms with Crippen LogP contribution in [0.3, 0.4) is 0 Å². The van der Waals surface area contributed by atoms with Crippen LogP contribution in [0.2, 0.25) is 0 Å². The third-order valence-electron chi connectivity index (χ3n) is 0.354. The van der Waals surface area contributed by atoms with Gasteiger partial charge in [-0.05, 0) is 0 Å². The van der Waals surface area contributed by atoms with Gasteiger partial charge >= 0.3 is 0 Å². The summed E-state index contributed by atoms with van der Waals surface area (Å²) in [6, 6.07) is 0. The molecule has 0 spiro atoms. The molecule has 0 saturated heterocycles. The van der Waals surface area contributed by atoms with Crippen LogP contribution in [0.15, 0.2) is 0 Å². The van der Waals surface area contributed by atoms with Gasteiger partial charge in [0, 0.05) is 17.4 Å². The van der Waals surface area contributed by atoms with Crippen LogP contribution in [0.25, 0.3) is 0 Å². The minimum atomic E-state index is 0. The Labute approximate surface area is 44.7 Å². The summed E-state index contributed by atoms with van der Waals surface area (Å²) in [4.78, 5) is 0. The van der Waals surface area contributed by atoms with Crippen LogP contribution >= 0.6 is 0 Å². The van der Waals surface area contributed by atoms with E-state index in [2.05, 4.69) is 13.8 Å². The van der Waals surface area contributed by atoms with Crippen molar-refractivity contribution >= 4 is 0 Å². The molecule has 0 amide bonds. The minimum Gasteiger partial charge on any atom is -0.343 e. The van der Waals surface area contributed by atoms with Crippen LogP contribution in [-0.2, 0) is 17.4 Å². The molecule has 5 heavy (non-hydrogen) atoms. The van der Waals surface area contributed by atoms with Crippen molar-refractivity contribution in [1.29, 1.82) is 0 Å². The Balaban J connectivity index is 0. The van der Waals surface area contributed by atoms with Gasteiger partial charge in [0.15, 0.2) is 0 Å². The van der Waals surface area contributed by atoms with Crippen LogP contribution in [0.5, 0.6) is 0 Å². The second-order valence-corrected chi connectivity index (χ2v) is 0.854. The van der Waals surface area contributed by atoms with E-state index in [0.29, 0.717) is 0 Å². The first-order valence-corrected chi connectivity index (χ1v) is 1.71. The van der Waals surface area contributed by atoms with Crippen molar-refractivity contribution in [2.45, 2.75) is 19.8 Å². The zero-order valence-corrected chi connectivity index (χ0v) is 4.80. The Morgan fingerprint density at radius 3 is 1.80 bits per heavy atom. The number of unbranched alkanes of at least 4 members (excludes halogenated alkanes) is 1. The first-order valence-electron chi connectivity index (χ1n) is 1.71. The predicted octanol–water partition coefficient (Wildman–Crippen LogP) is 1.62. The van der Waals surface area contributed by atoms with Crippen molar-refractivity contribution in [3.8, 4) is 0 Å². The molecule has 0 saturated carbocycles. The second-order valence-electron chi connectivity index (χ2n) is 0.854. The maximum atomic E-state index is 3.60. The van der Waals surface area contributed by atoms with E-state index in [1.165, 1.54) is 6.42 Å². The van der Waals surface area contributed by atoms with E-state index in [1.54, 1.807) is 0 Å². The monoisotopic (exact) mass is 109 g/mol. The van der Waals surface area contributed by atoms with E-state index < -0.39 is 0 Å². The van der Waals surface area contributed by atoms with Gasteiger partial charge in [0.05, 0.1) is 0 Å². The maximum absolute atomic E-state index is 3.60. The first-order chi connectivity index (χ1) is 1.91. The van der Waals surface area contributed by atoms with Gasteiger partial charge < -0.3 is 6.92 Å². The van der Waals surface area contributed by atoms with E-state index in [4.69, 9.17) is 0 Å². The van der Waals surface area contributed by atoms with Crippen LogP contribution < -0.4 is 0 Å². The predicted molar refractivity (Wildman–Crippen MR) is 20.3 cm³/mol. The molecule has 32 valence electrons. The molecule has 0 aliphatic heterocycles. The molecule has 0 atom stereocenters. The van der Waals surface area contributed by atoms with Crippen molar-refractivity contribution < 1.29 is 17.4 Å². The first kappa shape index (κ1) is 9.11. The van der Waals surface area contributed by atoms with Crippen LogP contribution in [0.1, 0.15) is 19.8 Å². The average Bonchev–Trinajstić information content (AvgIpc) is 1.37. The molecule has 0 aromatic heterocycles. The van der Waals surface area contributed by atoms with Crippen molar-refractivity contribution in [2.75, 3.05) is 0 Å². The Bertz CT molecular complexity index is 5.61. The minimum absolute atomic E-state index is 0. The standard InChI is InChI=1S/C4H9.Cr/c1-3-4-2;/h1,3-4H2,2H3;/q-1;. The average molecular weight is 109 g/mol. The number of hydrogen-bond donors (Lipinski definition) is 0. The van der Waals surface area contributed by atoms with Crippen molar-refractivity contribution in [2.24, 2.45) is 0 Å². The van der Waals surface area contributed by atoms with E-state index in [1.807, 2.05) is 0 Å². The molecule has 0 aliphatic rings. The largest absolute Gasteiger partial charge is 0.343 e. The van der Waals surface area contributed by atoms with Crippen molar-refractivity contribution in [3.05, 3.63) is 6.92 Å². The van der Waals surface area contributed by atoms with Crippen LogP contribution in [0, 0.1) is 6.92 Å². The number of hydrogen-bond acceptors (Lipinski definition) is 0. The van der Waals surface area contributed by atoms with Gasteiger partial charge in [-0.15, -0.1) is 0 Å². The summed E-state index contributed by atoms with van der Waals surface area (Å²) in [6.07, 6.45) is 2.28. The van der Waals surface area contributed by atoms with Gasteiger partial charge in [0.1, 0.15) is 0 Å². The summed E-state index contributed by atoms with van der Waals surface area (Å²) < 4.78 is 0. The molecule has 0 rings (SSSR count). The van der Waals surface area contributed by atoms with E-state index in [9.17, 15) is 0 Å². The fourth-order valence-electron chi connectivity index (χ4n) is 0. The third kappa shape index (κ3) is 12.4. The fraction of sp³-hybridized carbons (Fsp3) is 0.750. The Kier molecular flexibility index (Phi) is 16.1. The second kappa shape index (κ2) is 8.82. The Morgan fingerprint density at radius 2 is 1.80 bits per heavy atom. The van der Waals surface area contributed by atoms with E-state index >= 15 is 0 Å². The van der Waals surface area contributed by atoms with E-state index in [-0.39, 0.29) is 17.4 Å². The molecule has 0 bridgehead atoms. The maximum Gasteiger partial charge on any atom is 0 e. The van der Waals surface area contributed by atoms with Gasteiger partial charge in [-0.2, -0.15) is 6.42 Å². The van der Waals surface area contributed by atoms with Gasteiger partial charge in [-0.1, -0.05) is 13.3 Å². The smallest absolute Gasteiger partial charge is 0 e. The molecule has 0 aromatic rings. The zero-order chi connectivity index (χ0) is 3.41. The van der Waals surface area contributed by atoms with Crippen molar-refractivity contribution in [3.63, 3.8) is 0 Å². The summed E-state index contributed by atoms with van der Waals surface area (Å²) in [6.45, 7) is 5.72. The summed E-state index contributed by atoms with van der Waals surface area (Å²) in [5, 5.41) is 0. The molecule has 0 aliphatic carbocycles. The molecule has 0 radical (unpaired) electrons. The molecule has 1 heteroatoms. The molecule has 0 heterocycles. The Hall–Kier alpha value is 0.532. The zero-order valence-electron chi connectivity index (χ0n) is 3.53. The summed E-state index contributed by atoms with van der Waals surface area (Å²) >= 11 is 0. The SMILES string of the molecule is [CH2-]CCC.[Cr]. The summed E-state index contributed by atoms with van der Waals surface area (Å²) in [7, 11) is 0. The quantitative estimate of drug-likeness (QED) is 0.449.